The van der Waals surface area contributed by atoms with Crippen LogP contribution in [0.15, 0.2) is 30.3 Å². The first-order valence-electron chi connectivity index (χ1n) is 5.03. The van der Waals surface area contributed by atoms with E-state index in [4.69, 9.17) is 4.74 Å². The normalized spacial score (nSPS) is 23.3. The smallest absolute Gasteiger partial charge is 0.130 e. The van der Waals surface area contributed by atoms with Crippen molar-refractivity contribution in [3.63, 3.8) is 0 Å². The lowest BCUT2D eigenvalue weighted by molar-refractivity contribution is -0.111. The van der Waals surface area contributed by atoms with Crippen LogP contribution in [0.5, 0.6) is 0 Å². The molecule has 2 rings (SSSR count). The van der Waals surface area contributed by atoms with Crippen LogP contribution in [0.25, 0.3) is 0 Å². The molecule has 2 nitrogen and oxygen atoms in total. The van der Waals surface area contributed by atoms with E-state index in [1.807, 2.05) is 30.3 Å². The summed E-state index contributed by atoms with van der Waals surface area (Å²) in [5, 5.41) is 0. The zero-order valence-corrected chi connectivity index (χ0v) is 8.06. The highest BCUT2D eigenvalue weighted by Crippen LogP contribution is 2.26. The Morgan fingerprint density at radius 3 is 2.71 bits per heavy atom. The molecular formula is C12H14O2. The van der Waals surface area contributed by atoms with Gasteiger partial charge in [-0.15, -0.1) is 0 Å². The fourth-order valence-corrected chi connectivity index (χ4v) is 1.94. The van der Waals surface area contributed by atoms with E-state index in [0.29, 0.717) is 0 Å². The van der Waals surface area contributed by atoms with Gasteiger partial charge in [0.05, 0.1) is 12.0 Å². The van der Waals surface area contributed by atoms with Gasteiger partial charge in [-0.1, -0.05) is 30.3 Å². The molecule has 0 spiro atoms. The molecule has 1 unspecified atom stereocenters. The van der Waals surface area contributed by atoms with Crippen molar-refractivity contribution in [1.82, 2.24) is 0 Å². The van der Waals surface area contributed by atoms with Crippen LogP contribution < -0.4 is 0 Å². The number of aldehydes is 1. The molecule has 1 fully saturated rings. The van der Waals surface area contributed by atoms with Crippen molar-refractivity contribution in [2.75, 3.05) is 6.61 Å². The summed E-state index contributed by atoms with van der Waals surface area (Å²) >= 11 is 0. The molecular weight excluding hydrogens is 176 g/mol. The third kappa shape index (κ3) is 1.85. The molecule has 74 valence electrons. The van der Waals surface area contributed by atoms with E-state index < -0.39 is 0 Å². The SMILES string of the molecule is O=C[C@@H](c1ccccc1)C1CCCO1. The maximum absolute atomic E-state index is 11.0. The zero-order chi connectivity index (χ0) is 9.80. The average Bonchev–Trinajstić information content (AvgIpc) is 2.74. The molecule has 0 N–H and O–H groups in total. The molecule has 0 aliphatic carbocycles. The molecule has 1 heterocycles. The highest BCUT2D eigenvalue weighted by molar-refractivity contribution is 5.63. The van der Waals surface area contributed by atoms with E-state index >= 15 is 0 Å². The average molecular weight is 190 g/mol. The molecule has 1 aromatic rings. The second kappa shape index (κ2) is 4.38. The summed E-state index contributed by atoms with van der Waals surface area (Å²) in [5.41, 5.74) is 1.06. The van der Waals surface area contributed by atoms with Crippen LogP contribution in [0, 0.1) is 0 Å². The van der Waals surface area contributed by atoms with Crippen molar-refractivity contribution in [2.24, 2.45) is 0 Å². The molecule has 2 atom stereocenters. The second-order valence-electron chi connectivity index (χ2n) is 3.62. The van der Waals surface area contributed by atoms with Crippen LogP contribution in [-0.2, 0) is 9.53 Å². The van der Waals surface area contributed by atoms with E-state index in [-0.39, 0.29) is 12.0 Å². The van der Waals surface area contributed by atoms with Gasteiger partial charge < -0.3 is 9.53 Å². The lowest BCUT2D eigenvalue weighted by atomic mass is 9.93. The highest BCUT2D eigenvalue weighted by Gasteiger charge is 2.26. The van der Waals surface area contributed by atoms with Gasteiger partial charge in [0, 0.05) is 6.61 Å². The predicted molar refractivity (Wildman–Crippen MR) is 54.2 cm³/mol. The molecule has 0 amide bonds. The van der Waals surface area contributed by atoms with Crippen LogP contribution in [-0.4, -0.2) is 19.0 Å². The Kier molecular flexibility index (Phi) is 2.94. The highest BCUT2D eigenvalue weighted by atomic mass is 16.5. The number of rotatable bonds is 3. The summed E-state index contributed by atoms with van der Waals surface area (Å²) in [6, 6.07) is 9.85. The van der Waals surface area contributed by atoms with Gasteiger partial charge in [-0.3, -0.25) is 0 Å². The maximum Gasteiger partial charge on any atom is 0.130 e. The van der Waals surface area contributed by atoms with Crippen molar-refractivity contribution in [2.45, 2.75) is 24.9 Å². The van der Waals surface area contributed by atoms with E-state index in [1.165, 1.54) is 0 Å². The molecule has 1 aliphatic rings. The summed E-state index contributed by atoms with van der Waals surface area (Å²) in [5.74, 6) is -0.0845. The number of ether oxygens (including phenoxy) is 1. The minimum atomic E-state index is -0.0845. The lowest BCUT2D eigenvalue weighted by Crippen LogP contribution is -2.18. The van der Waals surface area contributed by atoms with Crippen molar-refractivity contribution < 1.29 is 9.53 Å². The van der Waals surface area contributed by atoms with Crippen molar-refractivity contribution in [1.29, 1.82) is 0 Å². The monoisotopic (exact) mass is 190 g/mol. The summed E-state index contributed by atoms with van der Waals surface area (Å²) in [7, 11) is 0. The van der Waals surface area contributed by atoms with E-state index in [9.17, 15) is 4.79 Å². The Hall–Kier alpha value is -1.15. The Balaban J connectivity index is 2.16. The van der Waals surface area contributed by atoms with Gasteiger partial charge >= 0.3 is 0 Å². The van der Waals surface area contributed by atoms with Crippen LogP contribution in [0.3, 0.4) is 0 Å². The van der Waals surface area contributed by atoms with Gasteiger partial charge in [0.2, 0.25) is 0 Å². The molecule has 2 heteroatoms. The Morgan fingerprint density at radius 1 is 1.36 bits per heavy atom. The first-order chi connectivity index (χ1) is 6.92. The quantitative estimate of drug-likeness (QED) is 0.683. The fraction of sp³-hybridized carbons (Fsp3) is 0.417. The number of carbonyl (C=O) groups is 1. The summed E-state index contributed by atoms with van der Waals surface area (Å²) in [6.45, 7) is 0.793. The predicted octanol–water partition coefficient (Wildman–Crippen LogP) is 2.15. The molecule has 0 aromatic heterocycles. The van der Waals surface area contributed by atoms with Crippen molar-refractivity contribution in [3.8, 4) is 0 Å². The standard InChI is InChI=1S/C12H14O2/c13-9-11(12-7-4-8-14-12)10-5-2-1-3-6-10/h1-3,5-6,9,11-12H,4,7-8H2/t11-,12?/m0/s1. The molecule has 0 bridgehead atoms. The van der Waals surface area contributed by atoms with Crippen LogP contribution in [0.1, 0.15) is 24.3 Å². The maximum atomic E-state index is 11.0. The van der Waals surface area contributed by atoms with E-state index in [1.54, 1.807) is 0 Å². The minimum Gasteiger partial charge on any atom is -0.377 e. The first kappa shape index (κ1) is 9.41. The largest absolute Gasteiger partial charge is 0.377 e. The van der Waals surface area contributed by atoms with Crippen LogP contribution in [0.2, 0.25) is 0 Å². The fourth-order valence-electron chi connectivity index (χ4n) is 1.94. The molecule has 14 heavy (non-hydrogen) atoms. The van der Waals surface area contributed by atoms with E-state index in [2.05, 4.69) is 0 Å². The summed E-state index contributed by atoms with van der Waals surface area (Å²) in [6.07, 6.45) is 3.17. The number of hydrogen-bond acceptors (Lipinski definition) is 2. The summed E-state index contributed by atoms with van der Waals surface area (Å²) < 4.78 is 5.53. The Labute approximate surface area is 83.9 Å². The Bertz CT molecular complexity index is 288. The molecule has 1 aromatic carbocycles. The van der Waals surface area contributed by atoms with Gasteiger partial charge in [0.15, 0.2) is 0 Å². The van der Waals surface area contributed by atoms with Crippen LogP contribution >= 0.6 is 0 Å². The number of hydrogen-bond donors (Lipinski definition) is 0. The molecule has 0 radical (unpaired) electrons. The number of benzene rings is 1. The first-order valence-corrected chi connectivity index (χ1v) is 5.03. The second-order valence-corrected chi connectivity index (χ2v) is 3.62. The van der Waals surface area contributed by atoms with Crippen molar-refractivity contribution in [3.05, 3.63) is 35.9 Å². The van der Waals surface area contributed by atoms with Crippen LogP contribution in [0.4, 0.5) is 0 Å². The Morgan fingerprint density at radius 2 is 2.14 bits per heavy atom. The van der Waals surface area contributed by atoms with E-state index in [0.717, 1.165) is 31.3 Å². The summed E-state index contributed by atoms with van der Waals surface area (Å²) in [4.78, 5) is 11.0. The topological polar surface area (TPSA) is 26.3 Å². The van der Waals surface area contributed by atoms with Crippen molar-refractivity contribution >= 4 is 6.29 Å². The molecule has 0 saturated carbocycles. The van der Waals surface area contributed by atoms with Gasteiger partial charge in [0.25, 0.3) is 0 Å². The lowest BCUT2D eigenvalue weighted by Gasteiger charge is -2.17. The molecule has 1 saturated heterocycles. The molecule has 1 aliphatic heterocycles. The van der Waals surface area contributed by atoms with Gasteiger partial charge in [-0.25, -0.2) is 0 Å². The van der Waals surface area contributed by atoms with Gasteiger partial charge in [0.1, 0.15) is 6.29 Å². The third-order valence-electron chi connectivity index (χ3n) is 2.70. The minimum absolute atomic E-state index is 0.0845. The number of carbonyl (C=O) groups excluding carboxylic acids is 1. The third-order valence-corrected chi connectivity index (χ3v) is 2.70. The zero-order valence-electron chi connectivity index (χ0n) is 8.06. The van der Waals surface area contributed by atoms with Gasteiger partial charge in [-0.05, 0) is 18.4 Å². The van der Waals surface area contributed by atoms with Gasteiger partial charge in [-0.2, -0.15) is 0 Å².